The molecule has 3 rings (SSSR count). The summed E-state index contributed by atoms with van der Waals surface area (Å²) in [6.45, 7) is 3.80. The number of hydrogen-bond acceptors (Lipinski definition) is 2. The molecule has 0 radical (unpaired) electrons. The van der Waals surface area contributed by atoms with Crippen molar-refractivity contribution in [1.82, 2.24) is 5.32 Å². The first-order chi connectivity index (χ1) is 9.99. The van der Waals surface area contributed by atoms with Gasteiger partial charge in [0.15, 0.2) is 0 Å². The SMILES string of the molecule is CC1CCC2(CC1)CNCC(c1cc(F)c(Cl)cc1Cl)O2. The second kappa shape index (κ2) is 6.04. The molecule has 1 aliphatic heterocycles. The van der Waals surface area contributed by atoms with E-state index in [4.69, 9.17) is 27.9 Å². The Hall–Kier alpha value is -0.350. The molecule has 0 aromatic heterocycles. The van der Waals surface area contributed by atoms with E-state index >= 15 is 0 Å². The van der Waals surface area contributed by atoms with Crippen LogP contribution in [-0.4, -0.2) is 18.7 Å². The molecule has 1 aromatic rings. The van der Waals surface area contributed by atoms with E-state index in [2.05, 4.69) is 12.2 Å². The van der Waals surface area contributed by atoms with Crippen molar-refractivity contribution < 1.29 is 9.13 Å². The van der Waals surface area contributed by atoms with E-state index in [1.54, 1.807) is 0 Å². The Labute approximate surface area is 135 Å². The Morgan fingerprint density at radius 2 is 1.95 bits per heavy atom. The average molecular weight is 332 g/mol. The summed E-state index contributed by atoms with van der Waals surface area (Å²) in [6.07, 6.45) is 4.23. The van der Waals surface area contributed by atoms with Crippen LogP contribution in [0.15, 0.2) is 12.1 Å². The zero-order valence-electron chi connectivity index (χ0n) is 12.1. The van der Waals surface area contributed by atoms with Crippen molar-refractivity contribution in [2.75, 3.05) is 13.1 Å². The molecular weight excluding hydrogens is 312 g/mol. The fraction of sp³-hybridized carbons (Fsp3) is 0.625. The molecule has 1 atom stereocenters. The Morgan fingerprint density at radius 3 is 2.67 bits per heavy atom. The number of benzene rings is 1. The van der Waals surface area contributed by atoms with E-state index in [-0.39, 0.29) is 16.7 Å². The number of morpholine rings is 1. The van der Waals surface area contributed by atoms with Gasteiger partial charge in [-0.2, -0.15) is 0 Å². The van der Waals surface area contributed by atoms with E-state index in [9.17, 15) is 4.39 Å². The largest absolute Gasteiger partial charge is 0.364 e. The molecule has 1 N–H and O–H groups in total. The van der Waals surface area contributed by atoms with Crippen molar-refractivity contribution in [2.45, 2.75) is 44.3 Å². The number of ether oxygens (including phenoxy) is 1. The van der Waals surface area contributed by atoms with Gasteiger partial charge >= 0.3 is 0 Å². The maximum atomic E-state index is 13.7. The van der Waals surface area contributed by atoms with E-state index < -0.39 is 5.82 Å². The molecule has 2 nitrogen and oxygen atoms in total. The van der Waals surface area contributed by atoms with Crippen LogP contribution in [0, 0.1) is 11.7 Å². The van der Waals surface area contributed by atoms with Crippen molar-refractivity contribution in [3.63, 3.8) is 0 Å². The monoisotopic (exact) mass is 331 g/mol. The van der Waals surface area contributed by atoms with Gasteiger partial charge in [-0.05, 0) is 43.7 Å². The van der Waals surface area contributed by atoms with Crippen LogP contribution in [0.25, 0.3) is 0 Å². The quantitative estimate of drug-likeness (QED) is 0.750. The highest BCUT2D eigenvalue weighted by atomic mass is 35.5. The Kier molecular flexibility index (Phi) is 4.47. The Morgan fingerprint density at radius 1 is 1.24 bits per heavy atom. The molecule has 1 aromatic carbocycles. The normalized spacial score (nSPS) is 33.3. The molecule has 1 unspecified atom stereocenters. The lowest BCUT2D eigenvalue weighted by Gasteiger charge is -2.45. The summed E-state index contributed by atoms with van der Waals surface area (Å²) < 4.78 is 20.1. The van der Waals surface area contributed by atoms with E-state index in [0.717, 1.165) is 25.3 Å². The van der Waals surface area contributed by atoms with Gasteiger partial charge in [0.1, 0.15) is 5.82 Å². The molecule has 21 heavy (non-hydrogen) atoms. The fourth-order valence-corrected chi connectivity index (χ4v) is 3.86. The highest BCUT2D eigenvalue weighted by Crippen LogP contribution is 2.41. The van der Waals surface area contributed by atoms with Gasteiger partial charge < -0.3 is 10.1 Å². The highest BCUT2D eigenvalue weighted by Gasteiger charge is 2.40. The molecule has 1 spiro atoms. The van der Waals surface area contributed by atoms with Crippen molar-refractivity contribution in [2.24, 2.45) is 5.92 Å². The van der Waals surface area contributed by atoms with Crippen molar-refractivity contribution in [3.8, 4) is 0 Å². The first-order valence-electron chi connectivity index (χ1n) is 7.52. The van der Waals surface area contributed by atoms with Crippen LogP contribution in [-0.2, 0) is 4.74 Å². The van der Waals surface area contributed by atoms with Crippen LogP contribution < -0.4 is 5.32 Å². The number of nitrogens with one attached hydrogen (secondary N) is 1. The number of rotatable bonds is 1. The molecule has 1 heterocycles. The van der Waals surface area contributed by atoms with Crippen LogP contribution in [0.1, 0.15) is 44.3 Å². The third kappa shape index (κ3) is 3.21. The molecule has 1 saturated carbocycles. The number of hydrogen-bond donors (Lipinski definition) is 1. The molecule has 0 bridgehead atoms. The van der Waals surface area contributed by atoms with Crippen LogP contribution in [0.5, 0.6) is 0 Å². The molecular formula is C16H20Cl2FNO. The smallest absolute Gasteiger partial charge is 0.142 e. The maximum Gasteiger partial charge on any atom is 0.142 e. The van der Waals surface area contributed by atoms with Crippen molar-refractivity contribution in [1.29, 1.82) is 0 Å². The third-order valence-corrected chi connectivity index (χ3v) is 5.36. The van der Waals surface area contributed by atoms with Crippen LogP contribution in [0.4, 0.5) is 4.39 Å². The average Bonchev–Trinajstić information content (AvgIpc) is 2.47. The van der Waals surface area contributed by atoms with Crippen molar-refractivity contribution >= 4 is 23.2 Å². The van der Waals surface area contributed by atoms with Gasteiger partial charge in [0.05, 0.1) is 16.7 Å². The van der Waals surface area contributed by atoms with Gasteiger partial charge in [0, 0.05) is 23.7 Å². The minimum Gasteiger partial charge on any atom is -0.364 e. The van der Waals surface area contributed by atoms with Gasteiger partial charge in [-0.1, -0.05) is 30.1 Å². The predicted octanol–water partition coefficient (Wildman–Crippen LogP) is 4.74. The second-order valence-corrected chi connectivity index (χ2v) is 7.21. The van der Waals surface area contributed by atoms with Gasteiger partial charge in [0.2, 0.25) is 0 Å². The van der Waals surface area contributed by atoms with Crippen LogP contribution in [0.3, 0.4) is 0 Å². The molecule has 2 fully saturated rings. The first kappa shape index (κ1) is 15.5. The zero-order chi connectivity index (χ0) is 15.0. The summed E-state index contributed by atoms with van der Waals surface area (Å²) in [4.78, 5) is 0. The van der Waals surface area contributed by atoms with Gasteiger partial charge in [0.25, 0.3) is 0 Å². The lowest BCUT2D eigenvalue weighted by molar-refractivity contribution is -0.140. The molecule has 0 amide bonds. The van der Waals surface area contributed by atoms with Crippen LogP contribution >= 0.6 is 23.2 Å². The summed E-state index contributed by atoms with van der Waals surface area (Å²) in [5.41, 5.74) is 0.554. The summed E-state index contributed by atoms with van der Waals surface area (Å²) >= 11 is 12.0. The van der Waals surface area contributed by atoms with Gasteiger partial charge in [-0.3, -0.25) is 0 Å². The first-order valence-corrected chi connectivity index (χ1v) is 8.28. The number of halogens is 3. The van der Waals surface area contributed by atoms with Gasteiger partial charge in [-0.15, -0.1) is 0 Å². The Balaban J connectivity index is 1.82. The lowest BCUT2D eigenvalue weighted by Crippen LogP contribution is -2.52. The van der Waals surface area contributed by atoms with E-state index in [1.807, 2.05) is 0 Å². The summed E-state index contributed by atoms with van der Waals surface area (Å²) in [5.74, 6) is 0.313. The van der Waals surface area contributed by atoms with Gasteiger partial charge in [-0.25, -0.2) is 4.39 Å². The molecule has 2 aliphatic rings. The Bertz CT molecular complexity index is 529. The lowest BCUT2D eigenvalue weighted by atomic mass is 9.78. The molecule has 5 heteroatoms. The minimum absolute atomic E-state index is 0.0497. The fourth-order valence-electron chi connectivity index (χ4n) is 3.36. The highest BCUT2D eigenvalue weighted by molar-refractivity contribution is 6.35. The molecule has 116 valence electrons. The predicted molar refractivity (Wildman–Crippen MR) is 83.5 cm³/mol. The third-order valence-electron chi connectivity index (χ3n) is 4.74. The standard InChI is InChI=1S/C16H20Cl2FNO/c1-10-2-4-16(5-3-10)9-20-8-15(21-16)11-6-14(19)13(18)7-12(11)17/h6-7,10,15,20H,2-5,8-9H2,1H3. The summed E-state index contributed by atoms with van der Waals surface area (Å²) in [5, 5.41) is 3.95. The second-order valence-electron chi connectivity index (χ2n) is 6.39. The topological polar surface area (TPSA) is 21.3 Å². The van der Waals surface area contributed by atoms with Crippen molar-refractivity contribution in [3.05, 3.63) is 33.6 Å². The maximum absolute atomic E-state index is 13.7. The van der Waals surface area contributed by atoms with E-state index in [1.165, 1.54) is 25.0 Å². The van der Waals surface area contributed by atoms with Crippen LogP contribution in [0.2, 0.25) is 10.0 Å². The summed E-state index contributed by atoms with van der Waals surface area (Å²) in [7, 11) is 0. The minimum atomic E-state index is -0.448. The van der Waals surface area contributed by atoms with E-state index in [0.29, 0.717) is 17.1 Å². The zero-order valence-corrected chi connectivity index (χ0v) is 13.6. The summed E-state index contributed by atoms with van der Waals surface area (Å²) in [6, 6.07) is 2.86. The molecule has 1 saturated heterocycles. The molecule has 1 aliphatic carbocycles.